The van der Waals surface area contributed by atoms with Gasteiger partial charge in [0.2, 0.25) is 0 Å². The quantitative estimate of drug-likeness (QED) is 0.936. The molecule has 1 aliphatic rings. The van der Waals surface area contributed by atoms with E-state index >= 15 is 0 Å². The largest absolute Gasteiger partial charge is 0.367 e. The van der Waals surface area contributed by atoms with Gasteiger partial charge in [-0.1, -0.05) is 0 Å². The fourth-order valence-corrected chi connectivity index (χ4v) is 2.81. The summed E-state index contributed by atoms with van der Waals surface area (Å²) in [6, 6.07) is 4.45. The highest BCUT2D eigenvalue weighted by atomic mass is 79.9. The van der Waals surface area contributed by atoms with Gasteiger partial charge in [-0.25, -0.2) is 4.98 Å². The van der Waals surface area contributed by atoms with E-state index in [0.717, 1.165) is 23.4 Å². The molecule has 0 bridgehead atoms. The summed E-state index contributed by atoms with van der Waals surface area (Å²) in [6.07, 6.45) is 8.18. The minimum Gasteiger partial charge on any atom is -0.367 e. The van der Waals surface area contributed by atoms with Crippen LogP contribution in [0.3, 0.4) is 0 Å². The number of pyridine rings is 1. The Hall–Kier alpha value is -1.56. The highest BCUT2D eigenvalue weighted by Gasteiger charge is 2.21. The number of nitrogens with one attached hydrogen (secondary N) is 1. The Labute approximate surface area is 127 Å². The van der Waals surface area contributed by atoms with Crippen LogP contribution in [-0.2, 0) is 7.05 Å². The Kier molecular flexibility index (Phi) is 3.91. The number of halogens is 1. The minimum absolute atomic E-state index is 0.428. The number of anilines is 2. The van der Waals surface area contributed by atoms with Gasteiger partial charge in [-0.2, -0.15) is 5.10 Å². The lowest BCUT2D eigenvalue weighted by molar-refractivity contribution is 0.529. The highest BCUT2D eigenvalue weighted by Crippen LogP contribution is 2.21. The Morgan fingerprint density at radius 1 is 1.35 bits per heavy atom. The van der Waals surface area contributed by atoms with Crippen molar-refractivity contribution in [1.29, 1.82) is 0 Å². The molecule has 1 fully saturated rings. The second-order valence-corrected chi connectivity index (χ2v) is 6.08. The molecule has 106 valence electrons. The van der Waals surface area contributed by atoms with Gasteiger partial charge in [-0.05, 0) is 40.9 Å². The number of hydrogen-bond donors (Lipinski definition) is 1. The molecule has 1 aliphatic heterocycles. The minimum atomic E-state index is 0.428. The van der Waals surface area contributed by atoms with Crippen molar-refractivity contribution in [2.45, 2.75) is 18.9 Å². The molecule has 0 amide bonds. The van der Waals surface area contributed by atoms with Crippen LogP contribution in [0.4, 0.5) is 11.5 Å². The maximum absolute atomic E-state index is 4.38. The second-order valence-electron chi connectivity index (χ2n) is 5.16. The first-order valence-corrected chi connectivity index (χ1v) is 7.62. The summed E-state index contributed by atoms with van der Waals surface area (Å²) in [6.45, 7) is 2.08. The van der Waals surface area contributed by atoms with E-state index in [2.05, 4.69) is 42.4 Å². The molecule has 3 heterocycles. The van der Waals surface area contributed by atoms with Crippen molar-refractivity contribution in [2.75, 3.05) is 23.3 Å². The predicted molar refractivity (Wildman–Crippen MR) is 84.0 cm³/mol. The maximum atomic E-state index is 4.38. The molecule has 0 spiro atoms. The fourth-order valence-electron chi connectivity index (χ4n) is 2.57. The lowest BCUT2D eigenvalue weighted by Gasteiger charge is -2.34. The van der Waals surface area contributed by atoms with Gasteiger partial charge in [0.05, 0.1) is 11.9 Å². The molecule has 0 aromatic carbocycles. The van der Waals surface area contributed by atoms with E-state index < -0.39 is 0 Å². The van der Waals surface area contributed by atoms with Gasteiger partial charge < -0.3 is 10.2 Å². The van der Waals surface area contributed by atoms with Gasteiger partial charge in [0.25, 0.3) is 0 Å². The van der Waals surface area contributed by atoms with Gasteiger partial charge in [0, 0.05) is 43.0 Å². The monoisotopic (exact) mass is 335 g/mol. The zero-order valence-electron chi connectivity index (χ0n) is 11.5. The molecule has 2 aromatic heterocycles. The second kappa shape index (κ2) is 5.83. The first-order chi connectivity index (χ1) is 9.70. The molecule has 3 rings (SSSR count). The number of aromatic nitrogens is 3. The van der Waals surface area contributed by atoms with Crippen molar-refractivity contribution in [3.05, 3.63) is 35.2 Å². The fraction of sp³-hybridized carbons (Fsp3) is 0.429. The van der Waals surface area contributed by atoms with E-state index in [9.17, 15) is 0 Å². The van der Waals surface area contributed by atoms with Crippen molar-refractivity contribution in [2.24, 2.45) is 7.05 Å². The summed E-state index contributed by atoms with van der Waals surface area (Å²) in [5, 5.41) is 7.76. The summed E-state index contributed by atoms with van der Waals surface area (Å²) in [7, 11) is 1.95. The van der Waals surface area contributed by atoms with Gasteiger partial charge in [0.1, 0.15) is 5.82 Å². The normalized spacial score (nSPS) is 19.1. The zero-order valence-corrected chi connectivity index (χ0v) is 13.0. The Balaban J connectivity index is 1.64. The van der Waals surface area contributed by atoms with Crippen LogP contribution in [0.5, 0.6) is 0 Å². The van der Waals surface area contributed by atoms with E-state index in [-0.39, 0.29) is 0 Å². The molecule has 1 N–H and O–H groups in total. The summed E-state index contributed by atoms with van der Waals surface area (Å²) in [5.74, 6) is 0.936. The molecular formula is C14H18BrN5. The standard InChI is InChI=1S/C14H18BrN5/c1-19-10-13(8-17-19)20-6-2-3-12(9-20)18-14-5-4-11(15)7-16-14/h4-5,7-8,10,12H,2-3,6,9H2,1H3,(H,16,18)/t12-/m1/s1. The van der Waals surface area contributed by atoms with Crippen molar-refractivity contribution in [1.82, 2.24) is 14.8 Å². The van der Waals surface area contributed by atoms with E-state index in [0.29, 0.717) is 6.04 Å². The molecule has 20 heavy (non-hydrogen) atoms. The first-order valence-electron chi connectivity index (χ1n) is 6.82. The van der Waals surface area contributed by atoms with E-state index in [4.69, 9.17) is 0 Å². The van der Waals surface area contributed by atoms with Crippen LogP contribution >= 0.6 is 15.9 Å². The smallest absolute Gasteiger partial charge is 0.126 e. The SMILES string of the molecule is Cn1cc(N2CCC[C@@H](Nc3ccc(Br)cn3)C2)cn1. The summed E-state index contributed by atoms with van der Waals surface area (Å²) < 4.78 is 2.85. The predicted octanol–water partition coefficient (Wildman–Crippen LogP) is 2.66. The zero-order chi connectivity index (χ0) is 13.9. The van der Waals surface area contributed by atoms with Crippen LogP contribution in [-0.4, -0.2) is 33.9 Å². The van der Waals surface area contributed by atoms with Crippen LogP contribution in [0.15, 0.2) is 35.2 Å². The van der Waals surface area contributed by atoms with Crippen molar-refractivity contribution in [3.63, 3.8) is 0 Å². The molecule has 0 saturated carbocycles. The molecule has 0 unspecified atom stereocenters. The molecule has 6 heteroatoms. The van der Waals surface area contributed by atoms with Gasteiger partial charge in [-0.3, -0.25) is 4.68 Å². The molecular weight excluding hydrogens is 318 g/mol. The number of rotatable bonds is 3. The lowest BCUT2D eigenvalue weighted by atomic mass is 10.1. The molecule has 2 aromatic rings. The van der Waals surface area contributed by atoms with E-state index in [1.807, 2.05) is 36.3 Å². The average Bonchev–Trinajstić information content (AvgIpc) is 2.89. The topological polar surface area (TPSA) is 46.0 Å². The third kappa shape index (κ3) is 3.12. The Morgan fingerprint density at radius 2 is 2.25 bits per heavy atom. The molecule has 1 atom stereocenters. The Bertz CT molecular complexity index is 565. The number of hydrogen-bond acceptors (Lipinski definition) is 4. The summed E-state index contributed by atoms with van der Waals surface area (Å²) >= 11 is 3.41. The van der Waals surface area contributed by atoms with Crippen molar-refractivity contribution >= 4 is 27.4 Å². The van der Waals surface area contributed by atoms with Crippen LogP contribution in [0.1, 0.15) is 12.8 Å². The van der Waals surface area contributed by atoms with Crippen molar-refractivity contribution < 1.29 is 0 Å². The van der Waals surface area contributed by atoms with Crippen LogP contribution in [0.2, 0.25) is 0 Å². The van der Waals surface area contributed by atoms with E-state index in [1.165, 1.54) is 18.5 Å². The highest BCUT2D eigenvalue weighted by molar-refractivity contribution is 9.10. The first kappa shape index (κ1) is 13.4. The number of nitrogens with zero attached hydrogens (tertiary/aromatic N) is 4. The van der Waals surface area contributed by atoms with Crippen LogP contribution < -0.4 is 10.2 Å². The summed E-state index contributed by atoms with van der Waals surface area (Å²) in [5.41, 5.74) is 1.20. The Morgan fingerprint density at radius 3 is 2.95 bits per heavy atom. The third-order valence-corrected chi connectivity index (χ3v) is 4.03. The third-order valence-electron chi connectivity index (χ3n) is 3.56. The number of piperidine rings is 1. The van der Waals surface area contributed by atoms with Crippen LogP contribution in [0, 0.1) is 0 Å². The van der Waals surface area contributed by atoms with Gasteiger partial charge in [-0.15, -0.1) is 0 Å². The summed E-state index contributed by atoms with van der Waals surface area (Å²) in [4.78, 5) is 6.76. The molecule has 0 aliphatic carbocycles. The van der Waals surface area contributed by atoms with Crippen molar-refractivity contribution in [3.8, 4) is 0 Å². The number of aryl methyl sites for hydroxylation is 1. The average molecular weight is 336 g/mol. The maximum Gasteiger partial charge on any atom is 0.126 e. The molecule has 5 nitrogen and oxygen atoms in total. The lowest BCUT2D eigenvalue weighted by Crippen LogP contribution is -2.42. The van der Waals surface area contributed by atoms with Crippen LogP contribution in [0.25, 0.3) is 0 Å². The van der Waals surface area contributed by atoms with Gasteiger partial charge >= 0.3 is 0 Å². The molecule has 0 radical (unpaired) electrons. The van der Waals surface area contributed by atoms with Gasteiger partial charge in [0.15, 0.2) is 0 Å². The van der Waals surface area contributed by atoms with E-state index in [1.54, 1.807) is 0 Å². The molecule has 1 saturated heterocycles.